The first-order valence-corrected chi connectivity index (χ1v) is 5.48. The van der Waals surface area contributed by atoms with E-state index in [1.54, 1.807) is 0 Å². The lowest BCUT2D eigenvalue weighted by molar-refractivity contribution is -0.136. The third-order valence-electron chi connectivity index (χ3n) is 3.43. The van der Waals surface area contributed by atoms with E-state index in [2.05, 4.69) is 18.7 Å². The molecule has 1 amide bonds. The Bertz CT molecular complexity index is 208. The fourth-order valence-corrected chi connectivity index (χ4v) is 2.21. The van der Waals surface area contributed by atoms with Crippen LogP contribution in [-0.2, 0) is 4.79 Å². The van der Waals surface area contributed by atoms with E-state index in [1.165, 1.54) is 19.3 Å². The molecule has 2 nitrogen and oxygen atoms in total. The van der Waals surface area contributed by atoms with Gasteiger partial charge in [0.05, 0.1) is 0 Å². The maximum atomic E-state index is 11.7. The Balaban J connectivity index is 1.91. The van der Waals surface area contributed by atoms with Gasteiger partial charge in [-0.05, 0) is 31.1 Å². The molecule has 1 unspecified atom stereocenters. The van der Waals surface area contributed by atoms with E-state index in [1.807, 2.05) is 0 Å². The van der Waals surface area contributed by atoms with Gasteiger partial charge in [-0.1, -0.05) is 13.8 Å². The predicted octanol–water partition coefficient (Wildman–Crippen LogP) is 2.04. The Morgan fingerprint density at radius 2 is 2.00 bits per heavy atom. The third-order valence-corrected chi connectivity index (χ3v) is 3.43. The smallest absolute Gasteiger partial charge is 0.223 e. The van der Waals surface area contributed by atoms with Crippen LogP contribution >= 0.6 is 0 Å². The second kappa shape index (κ2) is 3.32. The third kappa shape index (κ3) is 1.87. The highest BCUT2D eigenvalue weighted by molar-refractivity contribution is 5.77. The van der Waals surface area contributed by atoms with Crippen molar-refractivity contribution in [1.29, 1.82) is 0 Å². The number of nitrogens with zero attached hydrogens (tertiary/aromatic N) is 1. The molecule has 1 heterocycles. The fourth-order valence-electron chi connectivity index (χ4n) is 2.21. The van der Waals surface area contributed by atoms with Gasteiger partial charge in [0.2, 0.25) is 5.91 Å². The van der Waals surface area contributed by atoms with E-state index in [9.17, 15) is 4.79 Å². The van der Waals surface area contributed by atoms with Crippen molar-refractivity contribution in [2.75, 3.05) is 6.54 Å². The zero-order valence-electron chi connectivity index (χ0n) is 8.62. The average molecular weight is 181 g/mol. The summed E-state index contributed by atoms with van der Waals surface area (Å²) in [6.45, 7) is 5.47. The van der Waals surface area contributed by atoms with Crippen molar-refractivity contribution in [3.8, 4) is 0 Å². The maximum absolute atomic E-state index is 11.7. The molecule has 1 aliphatic carbocycles. The molecule has 2 rings (SSSR count). The largest absolute Gasteiger partial charge is 0.340 e. The number of amides is 1. The summed E-state index contributed by atoms with van der Waals surface area (Å²) in [6, 6.07) is 0.626. The Morgan fingerprint density at radius 3 is 2.46 bits per heavy atom. The van der Waals surface area contributed by atoms with Crippen LogP contribution in [0.5, 0.6) is 0 Å². The lowest BCUT2D eigenvalue weighted by atomic mass is 9.86. The Hall–Kier alpha value is -0.530. The molecule has 2 aliphatic rings. The first-order chi connectivity index (χ1) is 6.18. The van der Waals surface area contributed by atoms with Crippen LogP contribution in [0.2, 0.25) is 0 Å². The standard InChI is InChI=1S/C11H19NO/c1-8(2)9-5-6-12(10-3-4-10)11(13)7-9/h8-10H,3-7H2,1-2H3. The van der Waals surface area contributed by atoms with E-state index >= 15 is 0 Å². The van der Waals surface area contributed by atoms with Gasteiger partial charge in [0, 0.05) is 19.0 Å². The Morgan fingerprint density at radius 1 is 1.31 bits per heavy atom. The molecule has 0 bridgehead atoms. The van der Waals surface area contributed by atoms with Gasteiger partial charge in [-0.3, -0.25) is 4.79 Å². The Labute approximate surface area is 80.3 Å². The second-order valence-corrected chi connectivity index (χ2v) is 4.82. The monoisotopic (exact) mass is 181 g/mol. The van der Waals surface area contributed by atoms with Gasteiger partial charge in [0.15, 0.2) is 0 Å². The fraction of sp³-hybridized carbons (Fsp3) is 0.909. The van der Waals surface area contributed by atoms with Crippen molar-refractivity contribution in [3.63, 3.8) is 0 Å². The molecule has 1 atom stereocenters. The summed E-state index contributed by atoms with van der Waals surface area (Å²) in [6.07, 6.45) is 4.52. The molecule has 0 radical (unpaired) electrons. The quantitative estimate of drug-likeness (QED) is 0.638. The number of hydrogen-bond acceptors (Lipinski definition) is 1. The number of rotatable bonds is 2. The number of piperidine rings is 1. The van der Waals surface area contributed by atoms with Crippen LogP contribution in [0.25, 0.3) is 0 Å². The predicted molar refractivity (Wildman–Crippen MR) is 52.3 cm³/mol. The van der Waals surface area contributed by atoms with Crippen molar-refractivity contribution in [1.82, 2.24) is 4.90 Å². The number of likely N-dealkylation sites (tertiary alicyclic amines) is 1. The van der Waals surface area contributed by atoms with Gasteiger partial charge in [0.1, 0.15) is 0 Å². The van der Waals surface area contributed by atoms with Gasteiger partial charge in [-0.2, -0.15) is 0 Å². The molecule has 0 N–H and O–H groups in total. The molecule has 0 aromatic carbocycles. The van der Waals surface area contributed by atoms with Crippen LogP contribution in [0.1, 0.15) is 39.5 Å². The van der Waals surface area contributed by atoms with E-state index in [0.717, 1.165) is 13.0 Å². The van der Waals surface area contributed by atoms with Crippen LogP contribution in [0.15, 0.2) is 0 Å². The molecule has 1 saturated heterocycles. The summed E-state index contributed by atoms with van der Waals surface area (Å²) in [7, 11) is 0. The van der Waals surface area contributed by atoms with Crippen molar-refractivity contribution in [2.24, 2.45) is 11.8 Å². The topological polar surface area (TPSA) is 20.3 Å². The summed E-state index contributed by atoms with van der Waals surface area (Å²) in [4.78, 5) is 13.8. The van der Waals surface area contributed by atoms with E-state index in [0.29, 0.717) is 23.8 Å². The van der Waals surface area contributed by atoms with E-state index in [4.69, 9.17) is 0 Å². The number of hydrogen-bond donors (Lipinski definition) is 0. The van der Waals surface area contributed by atoms with Crippen LogP contribution < -0.4 is 0 Å². The van der Waals surface area contributed by atoms with E-state index in [-0.39, 0.29) is 0 Å². The average Bonchev–Trinajstić information content (AvgIpc) is 2.87. The van der Waals surface area contributed by atoms with Crippen molar-refractivity contribution < 1.29 is 4.79 Å². The zero-order valence-corrected chi connectivity index (χ0v) is 8.62. The summed E-state index contributed by atoms with van der Waals surface area (Å²) >= 11 is 0. The van der Waals surface area contributed by atoms with Crippen molar-refractivity contribution >= 4 is 5.91 Å². The van der Waals surface area contributed by atoms with Crippen LogP contribution in [0.3, 0.4) is 0 Å². The number of carbonyl (C=O) groups excluding carboxylic acids is 1. The van der Waals surface area contributed by atoms with Gasteiger partial charge >= 0.3 is 0 Å². The molecular formula is C11H19NO. The van der Waals surface area contributed by atoms with Gasteiger partial charge in [-0.25, -0.2) is 0 Å². The summed E-state index contributed by atoms with van der Waals surface area (Å²) < 4.78 is 0. The molecule has 74 valence electrons. The lowest BCUT2D eigenvalue weighted by Gasteiger charge is -2.33. The zero-order chi connectivity index (χ0) is 9.42. The SMILES string of the molecule is CC(C)C1CCN(C2CC2)C(=O)C1. The lowest BCUT2D eigenvalue weighted by Crippen LogP contribution is -2.41. The molecule has 2 heteroatoms. The van der Waals surface area contributed by atoms with Gasteiger partial charge in [0.25, 0.3) is 0 Å². The summed E-state index contributed by atoms with van der Waals surface area (Å²) in [5.41, 5.74) is 0. The van der Waals surface area contributed by atoms with Crippen LogP contribution in [-0.4, -0.2) is 23.4 Å². The highest BCUT2D eigenvalue weighted by atomic mass is 16.2. The molecule has 0 spiro atoms. The normalized spacial score (nSPS) is 29.9. The highest BCUT2D eigenvalue weighted by Gasteiger charge is 2.36. The summed E-state index contributed by atoms with van der Waals surface area (Å²) in [5, 5.41) is 0. The Kier molecular flexibility index (Phi) is 2.31. The van der Waals surface area contributed by atoms with E-state index < -0.39 is 0 Å². The van der Waals surface area contributed by atoms with Crippen molar-refractivity contribution in [3.05, 3.63) is 0 Å². The number of carbonyl (C=O) groups is 1. The summed E-state index contributed by atoms with van der Waals surface area (Å²) in [5.74, 6) is 1.72. The molecule has 13 heavy (non-hydrogen) atoms. The van der Waals surface area contributed by atoms with Gasteiger partial charge < -0.3 is 4.90 Å². The molecule has 0 aromatic rings. The van der Waals surface area contributed by atoms with Gasteiger partial charge in [-0.15, -0.1) is 0 Å². The first-order valence-electron chi connectivity index (χ1n) is 5.48. The minimum Gasteiger partial charge on any atom is -0.340 e. The minimum absolute atomic E-state index is 0.410. The molecular weight excluding hydrogens is 162 g/mol. The molecule has 1 aliphatic heterocycles. The maximum Gasteiger partial charge on any atom is 0.223 e. The molecule has 1 saturated carbocycles. The second-order valence-electron chi connectivity index (χ2n) is 4.82. The minimum atomic E-state index is 0.410. The first kappa shape index (κ1) is 9.04. The highest BCUT2D eigenvalue weighted by Crippen LogP contribution is 2.33. The van der Waals surface area contributed by atoms with Crippen molar-refractivity contribution in [2.45, 2.75) is 45.6 Å². The molecule has 2 fully saturated rings. The molecule has 0 aromatic heterocycles. The van der Waals surface area contributed by atoms with Crippen LogP contribution in [0, 0.1) is 11.8 Å². The van der Waals surface area contributed by atoms with Crippen LogP contribution in [0.4, 0.5) is 0 Å².